The topological polar surface area (TPSA) is 102 Å². The molecule has 0 bridgehead atoms. The second-order valence-electron chi connectivity index (χ2n) is 4.66. The zero-order chi connectivity index (χ0) is 16.5. The summed E-state index contributed by atoms with van der Waals surface area (Å²) in [7, 11) is 3.08. The zero-order valence-electron chi connectivity index (χ0n) is 12.6. The lowest BCUT2D eigenvalue weighted by Crippen LogP contribution is -2.38. The molecule has 120 valence electrons. The maximum atomic E-state index is 12.1. The van der Waals surface area contributed by atoms with Crippen molar-refractivity contribution in [3.63, 3.8) is 0 Å². The number of nitrogens with one attached hydrogen (secondary N) is 1. The molecule has 0 aliphatic heterocycles. The Balaban J connectivity index is 2.50. The lowest BCUT2D eigenvalue weighted by Gasteiger charge is -2.16. The van der Waals surface area contributed by atoms with Gasteiger partial charge >= 0.3 is 0 Å². The fraction of sp³-hybridized carbons (Fsp3) is 0.429. The van der Waals surface area contributed by atoms with Crippen LogP contribution in [0.1, 0.15) is 16.8 Å². The summed E-state index contributed by atoms with van der Waals surface area (Å²) in [5.74, 6) is -0.643. The summed E-state index contributed by atoms with van der Waals surface area (Å²) in [6.07, 6.45) is 0.697. The van der Waals surface area contributed by atoms with E-state index in [1.807, 2.05) is 0 Å². The van der Waals surface area contributed by atoms with E-state index in [1.165, 1.54) is 36.2 Å². The third-order valence-corrected chi connectivity index (χ3v) is 2.90. The SMILES string of the molecule is COCCCNC(=O)CN(C)C(=O)c1ccc([N+](=O)[O-])cc1. The highest BCUT2D eigenvalue weighted by atomic mass is 16.6. The Bertz CT molecular complexity index is 530. The van der Waals surface area contributed by atoms with Gasteiger partial charge in [0, 0.05) is 45.0 Å². The summed E-state index contributed by atoms with van der Waals surface area (Å²) in [5, 5.41) is 13.2. The highest BCUT2D eigenvalue weighted by molar-refractivity contribution is 5.96. The van der Waals surface area contributed by atoms with Gasteiger partial charge < -0.3 is 15.0 Å². The van der Waals surface area contributed by atoms with Crippen molar-refractivity contribution >= 4 is 17.5 Å². The minimum absolute atomic E-state index is 0.0806. The fourth-order valence-corrected chi connectivity index (χ4v) is 1.73. The van der Waals surface area contributed by atoms with Crippen molar-refractivity contribution in [3.05, 3.63) is 39.9 Å². The van der Waals surface area contributed by atoms with E-state index < -0.39 is 4.92 Å². The molecule has 0 heterocycles. The lowest BCUT2D eigenvalue weighted by atomic mass is 10.2. The molecule has 0 spiro atoms. The van der Waals surface area contributed by atoms with Crippen LogP contribution in [0.4, 0.5) is 5.69 Å². The third kappa shape index (κ3) is 5.49. The number of amides is 2. The van der Waals surface area contributed by atoms with Gasteiger partial charge in [0.15, 0.2) is 0 Å². The van der Waals surface area contributed by atoms with Crippen LogP contribution in [0.5, 0.6) is 0 Å². The predicted octanol–water partition coefficient (Wildman–Crippen LogP) is 0.820. The van der Waals surface area contributed by atoms with Crippen LogP contribution < -0.4 is 5.32 Å². The first-order valence-corrected chi connectivity index (χ1v) is 6.71. The molecule has 1 N–H and O–H groups in total. The normalized spacial score (nSPS) is 10.1. The van der Waals surface area contributed by atoms with Gasteiger partial charge in [-0.1, -0.05) is 0 Å². The smallest absolute Gasteiger partial charge is 0.269 e. The number of nitro groups is 1. The molecule has 22 heavy (non-hydrogen) atoms. The summed E-state index contributed by atoms with van der Waals surface area (Å²) in [6.45, 7) is 0.951. The zero-order valence-corrected chi connectivity index (χ0v) is 12.6. The van der Waals surface area contributed by atoms with Gasteiger partial charge in [-0.3, -0.25) is 19.7 Å². The largest absolute Gasteiger partial charge is 0.385 e. The van der Waals surface area contributed by atoms with Gasteiger partial charge in [0.25, 0.3) is 11.6 Å². The summed E-state index contributed by atoms with van der Waals surface area (Å²) in [6, 6.07) is 5.25. The van der Waals surface area contributed by atoms with Crippen molar-refractivity contribution in [3.8, 4) is 0 Å². The fourth-order valence-electron chi connectivity index (χ4n) is 1.73. The highest BCUT2D eigenvalue weighted by Crippen LogP contribution is 2.13. The van der Waals surface area contributed by atoms with Crippen molar-refractivity contribution in [1.29, 1.82) is 0 Å². The van der Waals surface area contributed by atoms with Crippen LogP contribution in [0, 0.1) is 10.1 Å². The maximum Gasteiger partial charge on any atom is 0.269 e. The molecule has 0 aliphatic rings. The number of hydrogen-bond acceptors (Lipinski definition) is 5. The molecule has 1 aromatic rings. The summed E-state index contributed by atoms with van der Waals surface area (Å²) >= 11 is 0. The molecule has 0 saturated heterocycles. The average Bonchev–Trinajstić information content (AvgIpc) is 2.50. The Labute approximate surface area is 128 Å². The molecule has 0 unspecified atom stereocenters. The van der Waals surface area contributed by atoms with Gasteiger partial charge in [-0.05, 0) is 18.6 Å². The Morgan fingerprint density at radius 3 is 2.50 bits per heavy atom. The molecular formula is C14H19N3O5. The van der Waals surface area contributed by atoms with Gasteiger partial charge in [0.05, 0.1) is 11.5 Å². The number of hydrogen-bond donors (Lipinski definition) is 1. The second kappa shape index (κ2) is 8.73. The Hall–Kier alpha value is -2.48. The number of benzene rings is 1. The van der Waals surface area contributed by atoms with E-state index >= 15 is 0 Å². The van der Waals surface area contributed by atoms with Crippen molar-refractivity contribution in [2.75, 3.05) is 33.9 Å². The standard InChI is InChI=1S/C14H19N3O5/c1-16(10-13(18)15-8-3-9-22-2)14(19)11-4-6-12(7-5-11)17(20)21/h4-7H,3,8-10H2,1-2H3,(H,15,18). The second-order valence-corrected chi connectivity index (χ2v) is 4.66. The molecule has 0 fully saturated rings. The molecule has 8 heteroatoms. The van der Waals surface area contributed by atoms with Crippen molar-refractivity contribution in [2.24, 2.45) is 0 Å². The molecule has 0 radical (unpaired) electrons. The van der Waals surface area contributed by atoms with Gasteiger partial charge in [-0.2, -0.15) is 0 Å². The number of nitro benzene ring substituents is 1. The van der Waals surface area contributed by atoms with Gasteiger partial charge in [-0.25, -0.2) is 0 Å². The van der Waals surface area contributed by atoms with Crippen molar-refractivity contribution in [2.45, 2.75) is 6.42 Å². The van der Waals surface area contributed by atoms with E-state index in [-0.39, 0.29) is 24.0 Å². The van der Waals surface area contributed by atoms with Crippen molar-refractivity contribution < 1.29 is 19.2 Å². The molecule has 0 aromatic heterocycles. The average molecular weight is 309 g/mol. The van der Waals surface area contributed by atoms with Crippen LogP contribution in [0.3, 0.4) is 0 Å². The summed E-state index contributed by atoms with van der Waals surface area (Å²) in [4.78, 5) is 35.0. The van der Waals surface area contributed by atoms with Crippen LogP contribution in [0.2, 0.25) is 0 Å². The molecule has 8 nitrogen and oxygen atoms in total. The van der Waals surface area contributed by atoms with E-state index in [0.29, 0.717) is 25.1 Å². The molecule has 2 amide bonds. The lowest BCUT2D eigenvalue weighted by molar-refractivity contribution is -0.384. The van der Waals surface area contributed by atoms with Gasteiger partial charge in [0.1, 0.15) is 0 Å². The molecular weight excluding hydrogens is 290 g/mol. The minimum Gasteiger partial charge on any atom is -0.385 e. The summed E-state index contributed by atoms with van der Waals surface area (Å²) < 4.78 is 4.86. The van der Waals surface area contributed by atoms with Gasteiger partial charge in [0.2, 0.25) is 5.91 Å². The Morgan fingerprint density at radius 1 is 1.32 bits per heavy atom. The first kappa shape index (κ1) is 17.6. The molecule has 0 saturated carbocycles. The van der Waals surface area contributed by atoms with E-state index in [1.54, 1.807) is 7.11 Å². The Morgan fingerprint density at radius 2 is 1.95 bits per heavy atom. The number of carbonyl (C=O) groups excluding carboxylic acids is 2. The molecule has 1 aromatic carbocycles. The Kier molecular flexibility index (Phi) is 6.97. The van der Waals surface area contributed by atoms with E-state index in [4.69, 9.17) is 4.74 Å². The maximum absolute atomic E-state index is 12.1. The van der Waals surface area contributed by atoms with Gasteiger partial charge in [-0.15, -0.1) is 0 Å². The first-order chi connectivity index (χ1) is 10.5. The number of rotatable bonds is 8. The monoisotopic (exact) mass is 309 g/mol. The predicted molar refractivity (Wildman–Crippen MR) is 79.6 cm³/mol. The summed E-state index contributed by atoms with van der Waals surface area (Å²) in [5.41, 5.74) is 0.204. The van der Waals surface area contributed by atoms with Crippen LogP contribution in [0.15, 0.2) is 24.3 Å². The van der Waals surface area contributed by atoms with E-state index in [0.717, 1.165) is 0 Å². The number of non-ortho nitro benzene ring substituents is 1. The first-order valence-electron chi connectivity index (χ1n) is 6.71. The van der Waals surface area contributed by atoms with Crippen LogP contribution in [-0.2, 0) is 9.53 Å². The molecule has 1 rings (SSSR count). The van der Waals surface area contributed by atoms with Crippen molar-refractivity contribution in [1.82, 2.24) is 10.2 Å². The number of nitrogens with zero attached hydrogens (tertiary/aromatic N) is 2. The van der Waals surface area contributed by atoms with Crippen LogP contribution >= 0.6 is 0 Å². The molecule has 0 atom stereocenters. The molecule has 0 aliphatic carbocycles. The third-order valence-electron chi connectivity index (χ3n) is 2.90. The number of ether oxygens (including phenoxy) is 1. The highest BCUT2D eigenvalue weighted by Gasteiger charge is 2.15. The minimum atomic E-state index is -0.536. The number of methoxy groups -OCH3 is 1. The van der Waals surface area contributed by atoms with Crippen LogP contribution in [0.25, 0.3) is 0 Å². The quantitative estimate of drug-likeness (QED) is 0.435. The number of likely N-dealkylation sites (N-methyl/N-ethyl adjacent to an activating group) is 1. The number of carbonyl (C=O) groups is 2. The van der Waals surface area contributed by atoms with Crippen LogP contribution in [-0.4, -0.2) is 55.5 Å². The van der Waals surface area contributed by atoms with E-state index in [9.17, 15) is 19.7 Å². The van der Waals surface area contributed by atoms with E-state index in [2.05, 4.69) is 5.32 Å².